The van der Waals surface area contributed by atoms with E-state index in [0.717, 1.165) is 7.05 Å². The summed E-state index contributed by atoms with van der Waals surface area (Å²) in [7, 11) is 1.08. The van der Waals surface area contributed by atoms with Crippen molar-refractivity contribution in [1.82, 2.24) is 14.9 Å². The van der Waals surface area contributed by atoms with Gasteiger partial charge >= 0.3 is 6.18 Å². The highest BCUT2D eigenvalue weighted by atomic mass is 79.9. The summed E-state index contributed by atoms with van der Waals surface area (Å²) in [5, 5.41) is 2.54. The molecule has 0 spiro atoms. The molecule has 5 nitrogen and oxygen atoms in total. The molecule has 18 heavy (non-hydrogen) atoms. The molecule has 1 aromatic rings. The summed E-state index contributed by atoms with van der Waals surface area (Å²) in [6, 6.07) is 0. The topological polar surface area (TPSA) is 58.1 Å². The molecule has 1 aromatic heterocycles. The zero-order valence-electron chi connectivity index (χ0n) is 9.33. The maximum absolute atomic E-state index is 12.0. The standard InChI is InChI=1S/C9H10BrF3N4O/c1-17(5-9(11,12)13)7(18)4-16-8-14-2-6(10)3-15-8/h2-3H,4-5H2,1H3,(H,14,15,16). The van der Waals surface area contributed by atoms with Gasteiger partial charge < -0.3 is 10.2 Å². The SMILES string of the molecule is CN(CC(F)(F)F)C(=O)CNc1ncc(Br)cn1. The van der Waals surface area contributed by atoms with Gasteiger partial charge in [-0.3, -0.25) is 4.79 Å². The van der Waals surface area contributed by atoms with Crippen LogP contribution in [0.2, 0.25) is 0 Å². The molecule has 0 aliphatic rings. The average molecular weight is 327 g/mol. The Bertz CT molecular complexity index is 409. The number of hydrogen-bond donors (Lipinski definition) is 1. The lowest BCUT2D eigenvalue weighted by atomic mass is 10.4. The number of carbonyl (C=O) groups is 1. The average Bonchev–Trinajstić information content (AvgIpc) is 2.25. The summed E-state index contributed by atoms with van der Waals surface area (Å²) in [5.74, 6) is -0.522. The lowest BCUT2D eigenvalue weighted by Crippen LogP contribution is -2.39. The first-order valence-electron chi connectivity index (χ1n) is 4.80. The van der Waals surface area contributed by atoms with Crippen molar-refractivity contribution in [2.24, 2.45) is 0 Å². The third-order valence-corrected chi connectivity index (χ3v) is 2.27. The fraction of sp³-hybridized carbons (Fsp3) is 0.444. The number of alkyl halides is 3. The molecular formula is C9H10BrF3N4O. The molecule has 0 atom stereocenters. The number of carbonyl (C=O) groups excluding carboxylic acids is 1. The molecule has 100 valence electrons. The lowest BCUT2D eigenvalue weighted by molar-refractivity contribution is -0.157. The van der Waals surface area contributed by atoms with Crippen LogP contribution >= 0.6 is 15.9 Å². The smallest absolute Gasteiger partial charge is 0.345 e. The highest BCUT2D eigenvalue weighted by Gasteiger charge is 2.30. The zero-order chi connectivity index (χ0) is 13.8. The van der Waals surface area contributed by atoms with Gasteiger partial charge in [0.25, 0.3) is 0 Å². The molecule has 0 aliphatic heterocycles. The molecule has 0 aromatic carbocycles. The second-order valence-electron chi connectivity index (χ2n) is 3.44. The third-order valence-electron chi connectivity index (χ3n) is 1.86. The van der Waals surface area contributed by atoms with E-state index in [2.05, 4.69) is 31.2 Å². The minimum atomic E-state index is -4.40. The molecule has 1 rings (SSSR count). The highest BCUT2D eigenvalue weighted by Crippen LogP contribution is 2.15. The molecule has 1 N–H and O–H groups in total. The van der Waals surface area contributed by atoms with Crippen molar-refractivity contribution in [1.29, 1.82) is 0 Å². The molecule has 0 saturated heterocycles. The zero-order valence-corrected chi connectivity index (χ0v) is 10.9. The number of amides is 1. The second kappa shape index (κ2) is 5.98. The van der Waals surface area contributed by atoms with Gasteiger partial charge in [-0.25, -0.2) is 9.97 Å². The van der Waals surface area contributed by atoms with E-state index in [9.17, 15) is 18.0 Å². The largest absolute Gasteiger partial charge is 0.406 e. The minimum Gasteiger partial charge on any atom is -0.345 e. The van der Waals surface area contributed by atoms with Gasteiger partial charge in [0.2, 0.25) is 11.9 Å². The normalized spacial score (nSPS) is 11.2. The van der Waals surface area contributed by atoms with E-state index >= 15 is 0 Å². The van der Waals surface area contributed by atoms with Crippen molar-refractivity contribution in [3.8, 4) is 0 Å². The molecule has 0 unspecified atom stereocenters. The maximum atomic E-state index is 12.0. The van der Waals surface area contributed by atoms with Gasteiger partial charge in [0.05, 0.1) is 11.0 Å². The van der Waals surface area contributed by atoms with Crippen LogP contribution in [0.15, 0.2) is 16.9 Å². The van der Waals surface area contributed by atoms with Crippen LogP contribution in [-0.2, 0) is 4.79 Å². The van der Waals surface area contributed by atoms with Gasteiger partial charge in [-0.05, 0) is 15.9 Å². The van der Waals surface area contributed by atoms with Crippen molar-refractivity contribution >= 4 is 27.8 Å². The molecule has 0 fully saturated rings. The van der Waals surface area contributed by atoms with Gasteiger partial charge in [-0.15, -0.1) is 0 Å². The summed E-state index contributed by atoms with van der Waals surface area (Å²) >= 11 is 3.13. The first-order chi connectivity index (χ1) is 8.28. The Hall–Kier alpha value is -1.38. The Morgan fingerprint density at radius 1 is 1.44 bits per heavy atom. The molecule has 0 saturated carbocycles. The van der Waals surface area contributed by atoms with E-state index in [1.807, 2.05) is 0 Å². The number of likely N-dealkylation sites (N-methyl/N-ethyl adjacent to an activating group) is 1. The van der Waals surface area contributed by atoms with Gasteiger partial charge in [-0.2, -0.15) is 13.2 Å². The Kier molecular flexibility index (Phi) is 4.88. The van der Waals surface area contributed by atoms with E-state index in [0.29, 0.717) is 9.37 Å². The van der Waals surface area contributed by atoms with Crippen LogP contribution in [0, 0.1) is 0 Å². The number of aromatic nitrogens is 2. The van der Waals surface area contributed by atoms with E-state index in [1.54, 1.807) is 0 Å². The number of nitrogens with zero attached hydrogens (tertiary/aromatic N) is 3. The molecule has 0 aliphatic carbocycles. The van der Waals surface area contributed by atoms with Crippen LogP contribution in [0.25, 0.3) is 0 Å². The Morgan fingerprint density at radius 2 is 2.00 bits per heavy atom. The molecule has 1 heterocycles. The van der Waals surface area contributed by atoms with E-state index in [4.69, 9.17) is 0 Å². The predicted octanol–water partition coefficient (Wildman–Crippen LogP) is 1.67. The number of rotatable bonds is 4. The van der Waals surface area contributed by atoms with Crippen molar-refractivity contribution in [2.75, 3.05) is 25.5 Å². The van der Waals surface area contributed by atoms with E-state index in [-0.39, 0.29) is 12.5 Å². The van der Waals surface area contributed by atoms with Gasteiger partial charge in [0.1, 0.15) is 6.54 Å². The first kappa shape index (κ1) is 14.7. The van der Waals surface area contributed by atoms with Gasteiger partial charge in [0, 0.05) is 19.4 Å². The fourth-order valence-electron chi connectivity index (χ4n) is 1.05. The van der Waals surface area contributed by atoms with Crippen molar-refractivity contribution in [3.63, 3.8) is 0 Å². The highest BCUT2D eigenvalue weighted by molar-refractivity contribution is 9.10. The van der Waals surface area contributed by atoms with E-state index in [1.165, 1.54) is 12.4 Å². The predicted molar refractivity (Wildman–Crippen MR) is 61.9 cm³/mol. The quantitative estimate of drug-likeness (QED) is 0.914. The second-order valence-corrected chi connectivity index (χ2v) is 4.36. The van der Waals surface area contributed by atoms with Crippen LogP contribution in [0.1, 0.15) is 0 Å². The molecule has 0 radical (unpaired) electrons. The Balaban J connectivity index is 2.43. The third kappa shape index (κ3) is 5.30. The minimum absolute atomic E-state index is 0.173. The summed E-state index contributed by atoms with van der Waals surface area (Å²) in [4.78, 5) is 19.6. The molecular weight excluding hydrogens is 317 g/mol. The van der Waals surface area contributed by atoms with Gasteiger partial charge in [0.15, 0.2) is 0 Å². The van der Waals surface area contributed by atoms with Crippen molar-refractivity contribution < 1.29 is 18.0 Å². The summed E-state index contributed by atoms with van der Waals surface area (Å²) in [6.45, 7) is -1.58. The van der Waals surface area contributed by atoms with Crippen LogP contribution in [0.4, 0.5) is 19.1 Å². The van der Waals surface area contributed by atoms with Crippen LogP contribution in [0.3, 0.4) is 0 Å². The Morgan fingerprint density at radius 3 is 2.50 bits per heavy atom. The molecule has 1 amide bonds. The van der Waals surface area contributed by atoms with Crippen LogP contribution < -0.4 is 5.32 Å². The van der Waals surface area contributed by atoms with Crippen molar-refractivity contribution in [3.05, 3.63) is 16.9 Å². The van der Waals surface area contributed by atoms with Crippen LogP contribution in [-0.4, -0.2) is 47.1 Å². The van der Waals surface area contributed by atoms with E-state index < -0.39 is 18.6 Å². The fourth-order valence-corrected chi connectivity index (χ4v) is 1.26. The first-order valence-corrected chi connectivity index (χ1v) is 5.59. The Labute approximate surface area is 110 Å². The summed E-state index contributed by atoms with van der Waals surface area (Å²) in [5.41, 5.74) is 0. The maximum Gasteiger partial charge on any atom is 0.406 e. The lowest BCUT2D eigenvalue weighted by Gasteiger charge is -2.18. The number of halogens is 4. The molecule has 9 heteroatoms. The monoisotopic (exact) mass is 326 g/mol. The van der Waals surface area contributed by atoms with Gasteiger partial charge in [-0.1, -0.05) is 0 Å². The summed E-state index contributed by atoms with van der Waals surface area (Å²) in [6.07, 6.45) is -1.49. The number of anilines is 1. The van der Waals surface area contributed by atoms with Crippen molar-refractivity contribution in [2.45, 2.75) is 6.18 Å². The summed E-state index contributed by atoms with van der Waals surface area (Å²) < 4.78 is 36.8. The van der Waals surface area contributed by atoms with Crippen LogP contribution in [0.5, 0.6) is 0 Å². The number of hydrogen-bond acceptors (Lipinski definition) is 4. The molecule has 0 bridgehead atoms. The number of nitrogens with one attached hydrogen (secondary N) is 1.